The first-order valence-electron chi connectivity index (χ1n) is 7.63. The maximum atomic E-state index is 5.70. The number of ether oxygens (including phenoxy) is 2. The lowest BCUT2D eigenvalue weighted by Gasteiger charge is -2.12. The Morgan fingerprint density at radius 2 is 1.71 bits per heavy atom. The Morgan fingerprint density at radius 3 is 2.46 bits per heavy atom. The molecule has 4 aromatic rings. The van der Waals surface area contributed by atoms with Crippen LogP contribution >= 0.6 is 22.7 Å². The third-order valence-corrected chi connectivity index (χ3v) is 6.10. The average Bonchev–Trinajstić information content (AvgIpc) is 3.13. The van der Waals surface area contributed by atoms with Gasteiger partial charge in [0.15, 0.2) is 0 Å². The quantitative estimate of drug-likeness (QED) is 0.464. The average molecular weight is 355 g/mol. The van der Waals surface area contributed by atoms with Crippen LogP contribution in [0, 0.1) is 13.8 Å². The van der Waals surface area contributed by atoms with Gasteiger partial charge in [0.05, 0.1) is 14.2 Å². The number of hydrogen-bond donors (Lipinski definition) is 0. The van der Waals surface area contributed by atoms with Crippen molar-refractivity contribution in [3.63, 3.8) is 0 Å². The molecule has 24 heavy (non-hydrogen) atoms. The van der Waals surface area contributed by atoms with Gasteiger partial charge in [-0.15, -0.1) is 22.7 Å². The van der Waals surface area contributed by atoms with E-state index in [0.717, 1.165) is 27.1 Å². The molecule has 122 valence electrons. The van der Waals surface area contributed by atoms with E-state index in [1.807, 2.05) is 12.1 Å². The molecule has 1 aromatic carbocycles. The molecular formula is C19H17NO2S2. The second-order valence-electron chi connectivity index (χ2n) is 5.71. The molecule has 5 heteroatoms. The summed E-state index contributed by atoms with van der Waals surface area (Å²) >= 11 is 3.48. The van der Waals surface area contributed by atoms with E-state index in [0.29, 0.717) is 5.88 Å². The summed E-state index contributed by atoms with van der Waals surface area (Å²) < 4.78 is 12.4. The normalized spacial score (nSPS) is 11.3. The molecule has 4 rings (SSSR count). The largest absolute Gasteiger partial charge is 0.496 e. The second-order valence-corrected chi connectivity index (χ2v) is 8.20. The summed E-state index contributed by atoms with van der Waals surface area (Å²) in [4.78, 5) is 8.12. The predicted octanol–water partition coefficient (Wildman–Crippen LogP) is 5.81. The molecule has 0 atom stereocenters. The Morgan fingerprint density at radius 1 is 0.917 bits per heavy atom. The summed E-state index contributed by atoms with van der Waals surface area (Å²) in [5.74, 6) is 1.51. The molecule has 0 aliphatic carbocycles. The summed E-state index contributed by atoms with van der Waals surface area (Å²) in [6.45, 7) is 4.24. The molecular weight excluding hydrogens is 338 g/mol. The van der Waals surface area contributed by atoms with Crippen molar-refractivity contribution < 1.29 is 9.47 Å². The number of rotatable bonds is 3. The number of pyridine rings is 1. The van der Waals surface area contributed by atoms with Gasteiger partial charge in [-0.1, -0.05) is 0 Å². The minimum Gasteiger partial charge on any atom is -0.496 e. The van der Waals surface area contributed by atoms with Crippen molar-refractivity contribution in [1.82, 2.24) is 4.98 Å². The maximum Gasteiger partial charge on any atom is 0.214 e. The minimum absolute atomic E-state index is 0.631. The number of benzene rings is 1. The van der Waals surface area contributed by atoms with Crippen molar-refractivity contribution in [2.24, 2.45) is 0 Å². The van der Waals surface area contributed by atoms with E-state index in [1.165, 1.54) is 19.8 Å². The van der Waals surface area contributed by atoms with Gasteiger partial charge in [0, 0.05) is 37.0 Å². The number of hydrogen-bond acceptors (Lipinski definition) is 5. The zero-order chi connectivity index (χ0) is 16.8. The van der Waals surface area contributed by atoms with Gasteiger partial charge in [-0.25, -0.2) is 4.98 Å². The second kappa shape index (κ2) is 5.76. The van der Waals surface area contributed by atoms with Crippen molar-refractivity contribution in [1.29, 1.82) is 0 Å². The fourth-order valence-electron chi connectivity index (χ4n) is 3.06. The van der Waals surface area contributed by atoms with Crippen molar-refractivity contribution >= 4 is 43.0 Å². The minimum atomic E-state index is 0.631. The van der Waals surface area contributed by atoms with Gasteiger partial charge in [-0.3, -0.25) is 0 Å². The van der Waals surface area contributed by atoms with Crippen molar-refractivity contribution in [3.05, 3.63) is 40.1 Å². The Labute approximate surface area is 148 Å². The highest BCUT2D eigenvalue weighted by atomic mass is 32.1. The molecule has 0 unspecified atom stereocenters. The van der Waals surface area contributed by atoms with Gasteiger partial charge < -0.3 is 9.47 Å². The fourth-order valence-corrected chi connectivity index (χ4v) is 5.02. The van der Waals surface area contributed by atoms with E-state index in [2.05, 4.69) is 37.0 Å². The molecule has 0 aliphatic rings. The van der Waals surface area contributed by atoms with Crippen molar-refractivity contribution in [2.75, 3.05) is 14.2 Å². The first-order valence-corrected chi connectivity index (χ1v) is 9.26. The van der Waals surface area contributed by atoms with Crippen LogP contribution in [0.25, 0.3) is 31.4 Å². The van der Waals surface area contributed by atoms with Crippen LogP contribution in [0.3, 0.4) is 0 Å². The molecule has 0 saturated heterocycles. The molecule has 3 aromatic heterocycles. The predicted molar refractivity (Wildman–Crippen MR) is 103 cm³/mol. The van der Waals surface area contributed by atoms with Crippen LogP contribution in [0.4, 0.5) is 0 Å². The van der Waals surface area contributed by atoms with Gasteiger partial charge in [0.1, 0.15) is 10.6 Å². The lowest BCUT2D eigenvalue weighted by Crippen LogP contribution is -1.92. The molecule has 3 heterocycles. The Bertz CT molecular complexity index is 1060. The van der Waals surface area contributed by atoms with Gasteiger partial charge in [-0.05, 0) is 43.5 Å². The van der Waals surface area contributed by atoms with E-state index >= 15 is 0 Å². The number of aromatic nitrogens is 1. The van der Waals surface area contributed by atoms with Gasteiger partial charge in [0.2, 0.25) is 5.88 Å². The number of thiophene rings is 2. The zero-order valence-corrected chi connectivity index (χ0v) is 15.6. The highest BCUT2D eigenvalue weighted by Crippen LogP contribution is 2.45. The van der Waals surface area contributed by atoms with E-state index < -0.39 is 0 Å². The Balaban J connectivity index is 2.15. The standard InChI is InChI=1S/C19H17NO2S2/c1-10-7-12-5-6-15(21-3)17(18(12)23-10)13-9-16(22-4)20-19-14(13)8-11(2)24-19/h5-9H,1-4H3. The maximum absolute atomic E-state index is 5.70. The van der Waals surface area contributed by atoms with Crippen molar-refractivity contribution in [3.8, 4) is 22.8 Å². The molecule has 0 N–H and O–H groups in total. The Kier molecular flexibility index (Phi) is 3.70. The third-order valence-electron chi connectivity index (χ3n) is 4.08. The topological polar surface area (TPSA) is 31.4 Å². The van der Waals surface area contributed by atoms with Crippen LogP contribution in [-0.2, 0) is 0 Å². The highest BCUT2D eigenvalue weighted by molar-refractivity contribution is 7.20. The molecule has 0 aliphatic heterocycles. The zero-order valence-electron chi connectivity index (χ0n) is 14.0. The molecule has 0 amide bonds. The summed E-state index contributed by atoms with van der Waals surface area (Å²) in [5.41, 5.74) is 2.24. The van der Waals surface area contributed by atoms with Gasteiger partial charge >= 0.3 is 0 Å². The van der Waals surface area contributed by atoms with E-state index in [-0.39, 0.29) is 0 Å². The summed E-state index contributed by atoms with van der Waals surface area (Å²) in [6, 6.07) is 10.6. The monoisotopic (exact) mass is 355 g/mol. The molecule has 0 spiro atoms. The summed E-state index contributed by atoms with van der Waals surface area (Å²) in [6.07, 6.45) is 0. The summed E-state index contributed by atoms with van der Waals surface area (Å²) in [7, 11) is 3.38. The Hall–Kier alpha value is -2.11. The van der Waals surface area contributed by atoms with Crippen LogP contribution in [0.15, 0.2) is 30.3 Å². The molecule has 0 radical (unpaired) electrons. The van der Waals surface area contributed by atoms with Crippen LogP contribution in [0.2, 0.25) is 0 Å². The molecule has 3 nitrogen and oxygen atoms in total. The third kappa shape index (κ3) is 2.36. The lowest BCUT2D eigenvalue weighted by molar-refractivity contribution is 0.400. The number of aryl methyl sites for hydroxylation is 2. The van der Waals surface area contributed by atoms with E-state index in [4.69, 9.17) is 9.47 Å². The van der Waals surface area contributed by atoms with Gasteiger partial charge in [0.25, 0.3) is 0 Å². The number of nitrogens with zero attached hydrogens (tertiary/aromatic N) is 1. The smallest absolute Gasteiger partial charge is 0.214 e. The number of methoxy groups -OCH3 is 2. The van der Waals surface area contributed by atoms with Crippen LogP contribution < -0.4 is 9.47 Å². The highest BCUT2D eigenvalue weighted by Gasteiger charge is 2.18. The van der Waals surface area contributed by atoms with E-state index in [9.17, 15) is 0 Å². The van der Waals surface area contributed by atoms with E-state index in [1.54, 1.807) is 36.9 Å². The van der Waals surface area contributed by atoms with Crippen LogP contribution in [0.1, 0.15) is 9.75 Å². The molecule has 0 saturated carbocycles. The van der Waals surface area contributed by atoms with Crippen LogP contribution in [-0.4, -0.2) is 19.2 Å². The fraction of sp³-hybridized carbons (Fsp3) is 0.211. The first-order chi connectivity index (χ1) is 11.6. The lowest BCUT2D eigenvalue weighted by atomic mass is 10.0. The number of fused-ring (bicyclic) bond motifs is 2. The molecule has 0 fully saturated rings. The van der Waals surface area contributed by atoms with Gasteiger partial charge in [-0.2, -0.15) is 0 Å². The van der Waals surface area contributed by atoms with Crippen molar-refractivity contribution in [2.45, 2.75) is 13.8 Å². The summed E-state index contributed by atoms with van der Waals surface area (Å²) in [5, 5.41) is 2.39. The molecule has 0 bridgehead atoms. The SMILES string of the molecule is COc1cc(-c2c(OC)ccc3cc(C)sc23)c2cc(C)sc2n1. The van der Waals surface area contributed by atoms with Crippen LogP contribution in [0.5, 0.6) is 11.6 Å². The first kappa shape index (κ1) is 15.4.